The molecule has 0 bridgehead atoms. The molecule has 0 aliphatic rings. The fraction of sp³-hybridized carbons (Fsp3) is 0.111. The van der Waals surface area contributed by atoms with Crippen LogP contribution in [0.5, 0.6) is 0 Å². The Bertz CT molecular complexity index is 428. The van der Waals surface area contributed by atoms with E-state index in [9.17, 15) is 4.39 Å². The molecule has 1 aromatic heterocycles. The first-order valence-corrected chi connectivity index (χ1v) is 4.41. The van der Waals surface area contributed by atoms with Crippen LogP contribution in [0.3, 0.4) is 0 Å². The van der Waals surface area contributed by atoms with Crippen LogP contribution in [0, 0.1) is 5.82 Å². The summed E-state index contributed by atoms with van der Waals surface area (Å²) in [5.41, 5.74) is 0.692. The number of hydrogen-bond acceptors (Lipinski definition) is 2. The molecular weight excluding hydrogens is 205 g/mol. The third-order valence-corrected chi connectivity index (χ3v) is 2.18. The van der Waals surface area contributed by atoms with Crippen LogP contribution in [0.1, 0.15) is 5.56 Å². The highest BCUT2D eigenvalue weighted by Crippen LogP contribution is 2.17. The molecule has 0 spiro atoms. The SMILES string of the molecule is Fc1ccc(Cl)c(Cn2ccnn2)c1. The molecule has 72 valence electrons. The summed E-state index contributed by atoms with van der Waals surface area (Å²) in [6.07, 6.45) is 3.26. The minimum absolute atomic E-state index is 0.301. The van der Waals surface area contributed by atoms with Crippen molar-refractivity contribution in [1.82, 2.24) is 15.0 Å². The second-order valence-corrected chi connectivity index (χ2v) is 3.24. The molecule has 14 heavy (non-hydrogen) atoms. The van der Waals surface area contributed by atoms with Crippen LogP contribution in [0.15, 0.2) is 30.6 Å². The summed E-state index contributed by atoms with van der Waals surface area (Å²) in [5, 5.41) is 7.94. The molecule has 1 heterocycles. The lowest BCUT2D eigenvalue weighted by molar-refractivity contribution is 0.614. The van der Waals surface area contributed by atoms with Crippen LogP contribution in [0.4, 0.5) is 4.39 Å². The van der Waals surface area contributed by atoms with Crippen molar-refractivity contribution in [2.75, 3.05) is 0 Å². The van der Waals surface area contributed by atoms with Gasteiger partial charge in [-0.1, -0.05) is 16.8 Å². The van der Waals surface area contributed by atoms with E-state index >= 15 is 0 Å². The molecule has 0 N–H and O–H groups in total. The molecule has 1 aromatic carbocycles. The van der Waals surface area contributed by atoms with Crippen molar-refractivity contribution in [2.24, 2.45) is 0 Å². The Hall–Kier alpha value is -1.42. The molecule has 0 radical (unpaired) electrons. The maximum Gasteiger partial charge on any atom is 0.123 e. The van der Waals surface area contributed by atoms with E-state index in [2.05, 4.69) is 10.3 Å². The molecule has 0 amide bonds. The van der Waals surface area contributed by atoms with Crippen LogP contribution < -0.4 is 0 Å². The summed E-state index contributed by atoms with van der Waals surface area (Å²) < 4.78 is 14.5. The van der Waals surface area contributed by atoms with Crippen molar-refractivity contribution in [2.45, 2.75) is 6.54 Å². The zero-order valence-corrected chi connectivity index (χ0v) is 7.95. The molecule has 0 saturated carbocycles. The fourth-order valence-electron chi connectivity index (χ4n) is 1.16. The highest BCUT2D eigenvalue weighted by molar-refractivity contribution is 6.31. The van der Waals surface area contributed by atoms with E-state index in [-0.39, 0.29) is 5.82 Å². The maximum atomic E-state index is 12.9. The molecule has 5 heteroatoms. The lowest BCUT2D eigenvalue weighted by atomic mass is 10.2. The standard InChI is InChI=1S/C9H7ClFN3/c10-9-2-1-8(11)5-7(9)6-14-4-3-12-13-14/h1-5H,6H2. The van der Waals surface area contributed by atoms with Crippen LogP contribution in [-0.2, 0) is 6.54 Å². The molecule has 2 aromatic rings. The second-order valence-electron chi connectivity index (χ2n) is 2.84. The first kappa shape index (κ1) is 9.15. The van der Waals surface area contributed by atoms with Crippen LogP contribution in [0.25, 0.3) is 0 Å². The first-order chi connectivity index (χ1) is 6.75. The largest absolute Gasteiger partial charge is 0.248 e. The third-order valence-electron chi connectivity index (χ3n) is 1.81. The van der Waals surface area contributed by atoms with Gasteiger partial charge in [-0.2, -0.15) is 0 Å². The number of rotatable bonds is 2. The van der Waals surface area contributed by atoms with Gasteiger partial charge >= 0.3 is 0 Å². The van der Waals surface area contributed by atoms with Gasteiger partial charge in [-0.15, -0.1) is 5.10 Å². The van der Waals surface area contributed by atoms with Gasteiger partial charge in [0.25, 0.3) is 0 Å². The molecule has 2 rings (SSSR count). The Balaban J connectivity index is 2.28. The Kier molecular flexibility index (Phi) is 2.45. The Labute approximate surface area is 85.1 Å². The average Bonchev–Trinajstić information content (AvgIpc) is 2.64. The predicted molar refractivity (Wildman–Crippen MR) is 50.5 cm³/mol. The summed E-state index contributed by atoms with van der Waals surface area (Å²) in [6.45, 7) is 0.427. The smallest absolute Gasteiger partial charge is 0.123 e. The van der Waals surface area contributed by atoms with Crippen molar-refractivity contribution in [3.8, 4) is 0 Å². The molecule has 0 saturated heterocycles. The summed E-state index contributed by atoms with van der Waals surface area (Å²) in [6, 6.07) is 4.25. The van der Waals surface area contributed by atoms with E-state index in [1.165, 1.54) is 18.2 Å². The van der Waals surface area contributed by atoms with Gasteiger partial charge < -0.3 is 0 Å². The zero-order chi connectivity index (χ0) is 9.97. The van der Waals surface area contributed by atoms with Gasteiger partial charge in [-0.3, -0.25) is 0 Å². The van der Waals surface area contributed by atoms with Gasteiger partial charge in [0.2, 0.25) is 0 Å². The molecule has 0 aliphatic heterocycles. The lowest BCUT2D eigenvalue weighted by Crippen LogP contribution is -2.01. The average molecular weight is 212 g/mol. The van der Waals surface area contributed by atoms with Crippen molar-refractivity contribution in [1.29, 1.82) is 0 Å². The molecule has 3 nitrogen and oxygen atoms in total. The van der Waals surface area contributed by atoms with Gasteiger partial charge in [0.05, 0.1) is 12.7 Å². The topological polar surface area (TPSA) is 30.7 Å². The zero-order valence-electron chi connectivity index (χ0n) is 7.19. The van der Waals surface area contributed by atoms with Crippen molar-refractivity contribution < 1.29 is 4.39 Å². The van der Waals surface area contributed by atoms with Crippen LogP contribution in [0.2, 0.25) is 5.02 Å². The van der Waals surface area contributed by atoms with Gasteiger partial charge in [-0.25, -0.2) is 9.07 Å². The van der Waals surface area contributed by atoms with Crippen LogP contribution in [-0.4, -0.2) is 15.0 Å². The highest BCUT2D eigenvalue weighted by atomic mass is 35.5. The minimum atomic E-state index is -0.301. The molecule has 0 atom stereocenters. The lowest BCUT2D eigenvalue weighted by Gasteiger charge is -2.03. The molecule has 0 unspecified atom stereocenters. The van der Waals surface area contributed by atoms with E-state index in [1.54, 1.807) is 17.1 Å². The first-order valence-electron chi connectivity index (χ1n) is 4.04. The summed E-state index contributed by atoms with van der Waals surface area (Å²) >= 11 is 5.88. The Morgan fingerprint density at radius 1 is 1.43 bits per heavy atom. The quantitative estimate of drug-likeness (QED) is 0.762. The van der Waals surface area contributed by atoms with Crippen molar-refractivity contribution in [3.63, 3.8) is 0 Å². The number of halogens is 2. The summed E-state index contributed by atoms with van der Waals surface area (Å²) in [4.78, 5) is 0. The number of hydrogen-bond donors (Lipinski definition) is 0. The van der Waals surface area contributed by atoms with Crippen LogP contribution >= 0.6 is 11.6 Å². The van der Waals surface area contributed by atoms with E-state index in [0.717, 1.165) is 0 Å². The van der Waals surface area contributed by atoms with Gasteiger partial charge in [0, 0.05) is 11.2 Å². The Morgan fingerprint density at radius 2 is 2.29 bits per heavy atom. The van der Waals surface area contributed by atoms with E-state index in [4.69, 9.17) is 11.6 Å². The summed E-state index contributed by atoms with van der Waals surface area (Å²) in [5.74, 6) is -0.301. The van der Waals surface area contributed by atoms with E-state index in [0.29, 0.717) is 17.1 Å². The minimum Gasteiger partial charge on any atom is -0.248 e. The molecule has 0 fully saturated rings. The molecular formula is C9H7ClFN3. The number of nitrogens with zero attached hydrogens (tertiary/aromatic N) is 3. The predicted octanol–water partition coefficient (Wildman–Crippen LogP) is 2.12. The van der Waals surface area contributed by atoms with E-state index in [1.807, 2.05) is 0 Å². The number of aromatic nitrogens is 3. The van der Waals surface area contributed by atoms with Crippen molar-refractivity contribution >= 4 is 11.6 Å². The van der Waals surface area contributed by atoms with Crippen molar-refractivity contribution in [3.05, 3.63) is 47.0 Å². The van der Waals surface area contributed by atoms with Gasteiger partial charge in [0.1, 0.15) is 5.82 Å². The molecule has 0 aliphatic carbocycles. The Morgan fingerprint density at radius 3 is 3.00 bits per heavy atom. The van der Waals surface area contributed by atoms with E-state index < -0.39 is 0 Å². The summed E-state index contributed by atoms with van der Waals surface area (Å²) in [7, 11) is 0. The third kappa shape index (κ3) is 1.90. The van der Waals surface area contributed by atoms with Gasteiger partial charge in [0.15, 0.2) is 0 Å². The maximum absolute atomic E-state index is 12.9. The van der Waals surface area contributed by atoms with Gasteiger partial charge in [-0.05, 0) is 23.8 Å². The monoisotopic (exact) mass is 211 g/mol. The normalized spacial score (nSPS) is 10.4. The number of benzene rings is 1. The highest BCUT2D eigenvalue weighted by Gasteiger charge is 2.03. The second kappa shape index (κ2) is 3.75. The fourth-order valence-corrected chi connectivity index (χ4v) is 1.33.